The molecule has 0 radical (unpaired) electrons. The number of nitriles is 2. The number of fused-ring (bicyclic) bond motifs is 6. The molecule has 4 nitrogen and oxygen atoms in total. The first-order valence-corrected chi connectivity index (χ1v) is 15.9. The van der Waals surface area contributed by atoms with Crippen LogP contribution in [0.15, 0.2) is 158 Å². The van der Waals surface area contributed by atoms with Crippen molar-refractivity contribution in [2.45, 2.75) is 0 Å². The Kier molecular flexibility index (Phi) is 6.22. The van der Waals surface area contributed by atoms with Crippen molar-refractivity contribution in [3.8, 4) is 45.8 Å². The summed E-state index contributed by atoms with van der Waals surface area (Å²) in [6.45, 7) is 0. The molecule has 0 atom stereocenters. The maximum Gasteiger partial charge on any atom is 0.101 e. The predicted molar refractivity (Wildman–Crippen MR) is 195 cm³/mol. The van der Waals surface area contributed by atoms with Gasteiger partial charge in [0.05, 0.1) is 45.0 Å². The van der Waals surface area contributed by atoms with E-state index >= 15 is 0 Å². The monoisotopic (exact) mass is 610 g/mol. The Morgan fingerprint density at radius 1 is 0.396 bits per heavy atom. The van der Waals surface area contributed by atoms with Crippen molar-refractivity contribution in [2.24, 2.45) is 0 Å². The molecular weight excluding hydrogens is 585 g/mol. The molecule has 0 fully saturated rings. The van der Waals surface area contributed by atoms with E-state index in [-0.39, 0.29) is 0 Å². The van der Waals surface area contributed by atoms with Crippen LogP contribution in [0.4, 0.5) is 0 Å². The molecule has 0 unspecified atom stereocenters. The van der Waals surface area contributed by atoms with Gasteiger partial charge in [0.1, 0.15) is 6.07 Å². The standard InChI is InChI=1S/C44H26N4/c45-27-31-21-20-30(34-11-1-5-16-40(34)48-43-19-8-4-14-37(43)38-15-9-10-32(28-46)44(38)48)26-39(31)29-22-24-33(25-23-29)47-41-17-6-2-12-35(41)36-13-3-7-18-42(36)47/h1-26H. The van der Waals surface area contributed by atoms with E-state index in [9.17, 15) is 10.5 Å². The molecule has 2 aromatic heterocycles. The summed E-state index contributed by atoms with van der Waals surface area (Å²) >= 11 is 0. The van der Waals surface area contributed by atoms with Gasteiger partial charge in [-0.15, -0.1) is 0 Å². The number of para-hydroxylation sites is 5. The van der Waals surface area contributed by atoms with Crippen molar-refractivity contribution < 1.29 is 0 Å². The van der Waals surface area contributed by atoms with E-state index in [2.05, 4.69) is 130 Å². The molecule has 2 heterocycles. The maximum absolute atomic E-state index is 10.2. The van der Waals surface area contributed by atoms with E-state index in [1.165, 1.54) is 10.8 Å². The molecule has 0 aliphatic carbocycles. The Morgan fingerprint density at radius 3 is 1.60 bits per heavy atom. The highest BCUT2D eigenvalue weighted by Crippen LogP contribution is 2.39. The summed E-state index contributed by atoms with van der Waals surface area (Å²) in [5.41, 5.74) is 11.4. The third-order valence-electron chi connectivity index (χ3n) is 9.43. The van der Waals surface area contributed by atoms with Crippen LogP contribution >= 0.6 is 0 Å². The van der Waals surface area contributed by atoms with Gasteiger partial charge in [-0.2, -0.15) is 10.5 Å². The highest BCUT2D eigenvalue weighted by atomic mass is 15.0. The fraction of sp³-hybridized carbons (Fsp3) is 0. The molecule has 0 amide bonds. The first-order chi connectivity index (χ1) is 23.7. The summed E-state index contributed by atoms with van der Waals surface area (Å²) in [5.74, 6) is 0. The van der Waals surface area contributed by atoms with Crippen molar-refractivity contribution in [1.29, 1.82) is 10.5 Å². The van der Waals surface area contributed by atoms with Crippen LogP contribution in [0, 0.1) is 22.7 Å². The average Bonchev–Trinajstić information content (AvgIpc) is 3.68. The Morgan fingerprint density at radius 2 is 0.938 bits per heavy atom. The van der Waals surface area contributed by atoms with Crippen LogP contribution in [0.1, 0.15) is 11.1 Å². The first kappa shape index (κ1) is 27.4. The van der Waals surface area contributed by atoms with Crippen molar-refractivity contribution in [2.75, 3.05) is 0 Å². The number of nitrogens with zero attached hydrogens (tertiary/aromatic N) is 4. The van der Waals surface area contributed by atoms with Gasteiger partial charge in [0.15, 0.2) is 0 Å². The Labute approximate surface area is 277 Å². The van der Waals surface area contributed by atoms with Crippen LogP contribution in [0.25, 0.3) is 77.2 Å². The lowest BCUT2D eigenvalue weighted by molar-refractivity contribution is 1.18. The van der Waals surface area contributed by atoms with Gasteiger partial charge in [-0.3, -0.25) is 0 Å². The zero-order chi connectivity index (χ0) is 32.2. The Hall–Kier alpha value is -6.88. The number of hydrogen-bond donors (Lipinski definition) is 0. The zero-order valence-electron chi connectivity index (χ0n) is 25.8. The molecule has 0 saturated carbocycles. The molecule has 0 aliphatic rings. The van der Waals surface area contributed by atoms with Gasteiger partial charge >= 0.3 is 0 Å². The molecule has 0 N–H and O–H groups in total. The largest absolute Gasteiger partial charge is 0.309 e. The molecule has 0 aliphatic heterocycles. The summed E-state index contributed by atoms with van der Waals surface area (Å²) < 4.78 is 4.50. The third-order valence-corrected chi connectivity index (χ3v) is 9.43. The molecule has 222 valence electrons. The Bertz CT molecular complexity index is 2750. The molecule has 4 heteroatoms. The second-order valence-electron chi connectivity index (χ2n) is 12.0. The van der Waals surface area contributed by atoms with E-state index in [0.29, 0.717) is 11.1 Å². The molecule has 0 saturated heterocycles. The predicted octanol–water partition coefficient (Wildman–Crippen LogP) is 11.0. The van der Waals surface area contributed by atoms with E-state index in [0.717, 1.165) is 66.5 Å². The van der Waals surface area contributed by atoms with Gasteiger partial charge in [-0.25, -0.2) is 0 Å². The molecule has 7 aromatic carbocycles. The smallest absolute Gasteiger partial charge is 0.101 e. The summed E-state index contributed by atoms with van der Waals surface area (Å²) in [4.78, 5) is 0. The molecule has 48 heavy (non-hydrogen) atoms. The fourth-order valence-corrected chi connectivity index (χ4v) is 7.31. The van der Waals surface area contributed by atoms with Crippen LogP contribution < -0.4 is 0 Å². The number of rotatable bonds is 4. The normalized spacial score (nSPS) is 11.3. The molecule has 0 bridgehead atoms. The zero-order valence-corrected chi connectivity index (χ0v) is 25.8. The van der Waals surface area contributed by atoms with Gasteiger partial charge in [0, 0.05) is 38.4 Å². The minimum atomic E-state index is 0.615. The number of benzene rings is 7. The quantitative estimate of drug-likeness (QED) is 0.199. The van der Waals surface area contributed by atoms with Gasteiger partial charge in [0.2, 0.25) is 0 Å². The van der Waals surface area contributed by atoms with Crippen molar-refractivity contribution in [3.63, 3.8) is 0 Å². The lowest BCUT2D eigenvalue weighted by atomic mass is 9.94. The highest BCUT2D eigenvalue weighted by molar-refractivity contribution is 6.11. The summed E-state index contributed by atoms with van der Waals surface area (Å²) in [7, 11) is 0. The third kappa shape index (κ3) is 4.07. The van der Waals surface area contributed by atoms with Crippen LogP contribution in [0.3, 0.4) is 0 Å². The number of hydrogen-bond acceptors (Lipinski definition) is 2. The van der Waals surface area contributed by atoms with E-state index in [1.807, 2.05) is 48.5 Å². The summed E-state index contributed by atoms with van der Waals surface area (Å²) in [6.07, 6.45) is 0. The van der Waals surface area contributed by atoms with Crippen LogP contribution in [0.5, 0.6) is 0 Å². The fourth-order valence-electron chi connectivity index (χ4n) is 7.31. The van der Waals surface area contributed by atoms with Crippen molar-refractivity contribution >= 4 is 43.6 Å². The summed E-state index contributed by atoms with van der Waals surface area (Å²) in [5, 5.41) is 24.9. The SMILES string of the molecule is N#Cc1ccc(-c2ccccc2-n2c3ccccc3c3cccc(C#N)c32)cc1-c1ccc(-n2c3ccccc3c3ccccc32)cc1. The average molecular weight is 611 g/mol. The van der Waals surface area contributed by atoms with Gasteiger partial charge in [-0.05, 0) is 65.7 Å². The second-order valence-corrected chi connectivity index (χ2v) is 12.0. The topological polar surface area (TPSA) is 57.4 Å². The molecule has 9 rings (SSSR count). The first-order valence-electron chi connectivity index (χ1n) is 15.9. The highest BCUT2D eigenvalue weighted by Gasteiger charge is 2.19. The maximum atomic E-state index is 10.2. The minimum Gasteiger partial charge on any atom is -0.309 e. The van der Waals surface area contributed by atoms with Gasteiger partial charge < -0.3 is 9.13 Å². The summed E-state index contributed by atoms with van der Waals surface area (Å²) in [6, 6.07) is 58.9. The van der Waals surface area contributed by atoms with Gasteiger partial charge in [0.25, 0.3) is 0 Å². The molecule has 9 aromatic rings. The number of aromatic nitrogens is 2. The molecule has 0 spiro atoms. The van der Waals surface area contributed by atoms with E-state index in [1.54, 1.807) is 0 Å². The van der Waals surface area contributed by atoms with Crippen molar-refractivity contribution in [3.05, 3.63) is 169 Å². The van der Waals surface area contributed by atoms with Gasteiger partial charge in [-0.1, -0.05) is 103 Å². The second kappa shape index (κ2) is 10.9. The van der Waals surface area contributed by atoms with E-state index in [4.69, 9.17) is 0 Å². The van der Waals surface area contributed by atoms with Crippen LogP contribution in [0.2, 0.25) is 0 Å². The van der Waals surface area contributed by atoms with Crippen molar-refractivity contribution in [1.82, 2.24) is 9.13 Å². The molecular formula is C44H26N4. The van der Waals surface area contributed by atoms with E-state index < -0.39 is 0 Å². The lowest BCUT2D eigenvalue weighted by Crippen LogP contribution is -1.99. The lowest BCUT2D eigenvalue weighted by Gasteiger charge is -2.16. The van der Waals surface area contributed by atoms with Crippen LogP contribution in [-0.2, 0) is 0 Å². The Balaban J connectivity index is 1.20. The minimum absolute atomic E-state index is 0.615. The van der Waals surface area contributed by atoms with Crippen LogP contribution in [-0.4, -0.2) is 9.13 Å².